The third-order valence-electron chi connectivity index (χ3n) is 3.63. The van der Waals surface area contributed by atoms with E-state index in [1.807, 2.05) is 30.3 Å². The quantitative estimate of drug-likeness (QED) is 0.361. The summed E-state index contributed by atoms with van der Waals surface area (Å²) < 4.78 is 5.54. The number of ether oxygens (including phenoxy) is 1. The van der Waals surface area contributed by atoms with E-state index in [1.165, 1.54) is 0 Å². The van der Waals surface area contributed by atoms with Gasteiger partial charge in [-0.2, -0.15) is 0 Å². The molecular formula is C15H17N2NaO4. The third-order valence-corrected chi connectivity index (χ3v) is 3.63. The number of aliphatic imine (C=N–C) groups is 1. The Balaban J connectivity index is 0.00000242. The number of nitrogens with zero attached hydrogens (tertiary/aromatic N) is 1. The van der Waals surface area contributed by atoms with E-state index in [0.717, 1.165) is 5.75 Å². The number of para-hydroxylation sites is 1. The Labute approximate surface area is 151 Å². The maximum Gasteiger partial charge on any atom is 1.00 e. The normalized spacial score (nSPS) is 20.7. The molecule has 1 atom stereocenters. The Morgan fingerprint density at radius 2 is 1.95 bits per heavy atom. The minimum atomic E-state index is -1.24. The Morgan fingerprint density at radius 3 is 2.55 bits per heavy atom. The molecule has 2 amide bonds. The second-order valence-electron chi connectivity index (χ2n) is 4.88. The third kappa shape index (κ3) is 4.09. The summed E-state index contributed by atoms with van der Waals surface area (Å²) in [5.41, 5.74) is -1.24. The molecule has 6 nitrogen and oxygen atoms in total. The molecule has 0 saturated heterocycles. The summed E-state index contributed by atoms with van der Waals surface area (Å²) >= 11 is 0. The minimum Gasteiger partial charge on any atom is -0.846 e. The van der Waals surface area contributed by atoms with E-state index in [1.54, 1.807) is 6.92 Å². The molecule has 1 unspecified atom stereocenters. The van der Waals surface area contributed by atoms with Crippen molar-refractivity contribution in [3.63, 3.8) is 0 Å². The molecule has 0 aliphatic carbocycles. The van der Waals surface area contributed by atoms with E-state index in [2.05, 4.69) is 10.3 Å². The molecule has 1 aromatic carbocycles. The molecule has 0 fully saturated rings. The molecule has 1 heterocycles. The first-order chi connectivity index (χ1) is 10.1. The molecule has 0 radical (unpaired) electrons. The van der Waals surface area contributed by atoms with Gasteiger partial charge in [-0.15, -0.1) is 0 Å². The van der Waals surface area contributed by atoms with E-state index in [0.29, 0.717) is 25.9 Å². The number of amidine groups is 1. The van der Waals surface area contributed by atoms with E-state index in [4.69, 9.17) is 4.74 Å². The molecule has 112 valence electrons. The van der Waals surface area contributed by atoms with Crippen molar-refractivity contribution in [2.45, 2.75) is 26.2 Å². The van der Waals surface area contributed by atoms with Gasteiger partial charge in [0.05, 0.1) is 12.6 Å². The predicted octanol–water partition coefficient (Wildman–Crippen LogP) is -2.38. The van der Waals surface area contributed by atoms with Crippen LogP contribution in [0.5, 0.6) is 5.75 Å². The van der Waals surface area contributed by atoms with E-state index in [-0.39, 0.29) is 29.6 Å². The summed E-state index contributed by atoms with van der Waals surface area (Å²) in [5.74, 6) is -0.476. The van der Waals surface area contributed by atoms with Gasteiger partial charge < -0.3 is 15.2 Å². The van der Waals surface area contributed by atoms with Crippen LogP contribution in [0.15, 0.2) is 35.3 Å². The molecule has 1 aromatic rings. The standard InChI is InChI=1S/C15H18N2O4.Na/c1-2-15(12(18)16-14(20)17-13(15)19)9-6-10-21-11-7-4-3-5-8-11;/h3-5,7-8H,2,6,9-10H2,1H3,(H2,16,17,18,19,20);/q;+1/p-1. The van der Waals surface area contributed by atoms with Crippen LogP contribution in [0.3, 0.4) is 0 Å². The zero-order chi connectivity index (χ0) is 15.3. The van der Waals surface area contributed by atoms with Crippen molar-refractivity contribution >= 4 is 17.8 Å². The number of carbonyl (C=O) groups excluding carboxylic acids is 2. The molecule has 1 N–H and O–H groups in total. The molecule has 7 heteroatoms. The number of rotatable bonds is 6. The average molecular weight is 312 g/mol. The van der Waals surface area contributed by atoms with Gasteiger partial charge in [0.1, 0.15) is 11.2 Å². The van der Waals surface area contributed by atoms with Crippen LogP contribution in [0.2, 0.25) is 0 Å². The first kappa shape index (κ1) is 18.7. The van der Waals surface area contributed by atoms with Crippen molar-refractivity contribution in [1.82, 2.24) is 5.32 Å². The Morgan fingerprint density at radius 1 is 1.27 bits per heavy atom. The minimum absolute atomic E-state index is 0. The van der Waals surface area contributed by atoms with E-state index < -0.39 is 23.3 Å². The van der Waals surface area contributed by atoms with Crippen LogP contribution in [-0.4, -0.2) is 24.4 Å². The van der Waals surface area contributed by atoms with Gasteiger partial charge in [0.15, 0.2) is 0 Å². The van der Waals surface area contributed by atoms with Crippen LogP contribution >= 0.6 is 0 Å². The van der Waals surface area contributed by atoms with Crippen LogP contribution in [0, 0.1) is 5.41 Å². The van der Waals surface area contributed by atoms with Crippen LogP contribution in [0.1, 0.15) is 26.2 Å². The average Bonchev–Trinajstić information content (AvgIpc) is 2.47. The summed E-state index contributed by atoms with van der Waals surface area (Å²) in [6.07, 6.45) is 1.13. The molecule has 0 saturated carbocycles. The molecule has 2 rings (SSSR count). The second kappa shape index (κ2) is 8.31. The summed E-state index contributed by atoms with van der Waals surface area (Å²) in [5, 5.41) is 13.2. The molecule has 22 heavy (non-hydrogen) atoms. The fourth-order valence-electron chi connectivity index (χ4n) is 2.33. The van der Waals surface area contributed by atoms with Gasteiger partial charge in [0, 0.05) is 0 Å². The molecule has 0 aromatic heterocycles. The molecule has 1 aliphatic rings. The largest absolute Gasteiger partial charge is 1.00 e. The van der Waals surface area contributed by atoms with Crippen molar-refractivity contribution in [1.29, 1.82) is 0 Å². The van der Waals surface area contributed by atoms with Gasteiger partial charge in [0.2, 0.25) is 5.91 Å². The Kier molecular flexibility index (Phi) is 7.06. The van der Waals surface area contributed by atoms with Crippen molar-refractivity contribution in [3.8, 4) is 5.75 Å². The maximum atomic E-state index is 12.0. The fraction of sp³-hybridized carbons (Fsp3) is 0.400. The molecule has 1 aliphatic heterocycles. The summed E-state index contributed by atoms with van der Waals surface area (Å²) in [6, 6.07) is 8.42. The second-order valence-corrected chi connectivity index (χ2v) is 4.88. The first-order valence-corrected chi connectivity index (χ1v) is 6.88. The van der Waals surface area contributed by atoms with Crippen LogP contribution in [0.4, 0.5) is 0 Å². The van der Waals surface area contributed by atoms with Gasteiger partial charge >= 0.3 is 29.6 Å². The molecule has 0 bridgehead atoms. The van der Waals surface area contributed by atoms with Crippen molar-refractivity contribution < 1.29 is 49.0 Å². The fourth-order valence-corrected chi connectivity index (χ4v) is 2.33. The zero-order valence-corrected chi connectivity index (χ0v) is 14.8. The Hall–Kier alpha value is -1.37. The van der Waals surface area contributed by atoms with Gasteiger partial charge in [-0.25, -0.2) is 4.99 Å². The topological polar surface area (TPSA) is 90.8 Å². The van der Waals surface area contributed by atoms with Crippen LogP contribution in [-0.2, 0) is 9.59 Å². The van der Waals surface area contributed by atoms with Gasteiger partial charge in [-0.1, -0.05) is 25.1 Å². The van der Waals surface area contributed by atoms with Crippen molar-refractivity contribution in [2.24, 2.45) is 10.4 Å². The molecule has 0 spiro atoms. The molecular weight excluding hydrogens is 295 g/mol. The van der Waals surface area contributed by atoms with Crippen molar-refractivity contribution in [3.05, 3.63) is 30.3 Å². The number of nitrogens with one attached hydrogen (secondary N) is 1. The van der Waals surface area contributed by atoms with E-state index in [9.17, 15) is 14.7 Å². The number of amides is 2. The SMILES string of the molecule is CCC1(CCCOc2ccccc2)C(=O)N=C([O-])NC1=O.[Na+]. The Bertz CT molecular complexity index is 562. The van der Waals surface area contributed by atoms with Gasteiger partial charge in [-0.05, 0) is 31.4 Å². The monoisotopic (exact) mass is 312 g/mol. The predicted molar refractivity (Wildman–Crippen MR) is 74.5 cm³/mol. The first-order valence-electron chi connectivity index (χ1n) is 6.88. The number of hydrogen-bond acceptors (Lipinski definition) is 4. The van der Waals surface area contributed by atoms with E-state index >= 15 is 0 Å². The zero-order valence-electron chi connectivity index (χ0n) is 12.8. The van der Waals surface area contributed by atoms with Gasteiger partial charge in [-0.3, -0.25) is 9.59 Å². The van der Waals surface area contributed by atoms with Crippen molar-refractivity contribution in [2.75, 3.05) is 6.61 Å². The number of carbonyl (C=O) groups is 2. The number of benzene rings is 1. The summed E-state index contributed by atoms with van der Waals surface area (Å²) in [4.78, 5) is 27.3. The van der Waals surface area contributed by atoms with Gasteiger partial charge in [0.25, 0.3) is 5.91 Å². The maximum absolute atomic E-state index is 12.0. The number of hydrogen-bond donors (Lipinski definition) is 1. The smallest absolute Gasteiger partial charge is 0.846 e. The summed E-state index contributed by atoms with van der Waals surface area (Å²) in [7, 11) is 0. The summed E-state index contributed by atoms with van der Waals surface area (Å²) in [6.45, 7) is 2.13. The van der Waals surface area contributed by atoms with Crippen LogP contribution in [0.25, 0.3) is 0 Å². The van der Waals surface area contributed by atoms with Crippen LogP contribution < -0.4 is 44.7 Å².